The minimum Gasteiger partial charge on any atom is -0.450 e. The Bertz CT molecular complexity index is 252. The van der Waals surface area contributed by atoms with Gasteiger partial charge in [0.15, 0.2) is 0 Å². The predicted octanol–water partition coefficient (Wildman–Crippen LogP) is 4.44. The third-order valence-corrected chi connectivity index (χ3v) is 2.94. The summed E-state index contributed by atoms with van der Waals surface area (Å²) in [6.45, 7) is 2.15. The van der Waals surface area contributed by atoms with E-state index in [9.17, 15) is 0 Å². The molecule has 16 heavy (non-hydrogen) atoms. The van der Waals surface area contributed by atoms with E-state index < -0.39 is 0 Å². The topological polar surface area (TPSA) is 18.5 Å². The maximum atomic E-state index is 5.83. The predicted molar refractivity (Wildman–Crippen MR) is 64.2 cm³/mol. The average Bonchev–Trinajstić information content (AvgIpc) is 2.91. The first kappa shape index (κ1) is 11.6. The van der Waals surface area contributed by atoms with Crippen LogP contribution in [0.4, 0.5) is 0 Å². The van der Waals surface area contributed by atoms with Crippen molar-refractivity contribution >= 4 is 0 Å². The molecular weight excluding hydrogens is 200 g/mol. The fraction of sp³-hybridized carbons (Fsp3) is 0.643. The molecule has 0 amide bonds. The van der Waals surface area contributed by atoms with Gasteiger partial charge in [-0.05, 0) is 44.3 Å². The number of ether oxygens (including phenoxy) is 2. The number of hydrogen-bond acceptors (Lipinski definition) is 2. The molecule has 0 unspecified atom stereocenters. The van der Waals surface area contributed by atoms with Crippen molar-refractivity contribution in [3.8, 4) is 0 Å². The largest absolute Gasteiger partial charge is 0.450 e. The number of hydrogen-bond donors (Lipinski definition) is 0. The number of rotatable bonds is 6. The first-order valence-electron chi connectivity index (χ1n) is 6.48. The second-order valence-electron chi connectivity index (χ2n) is 4.45. The normalized spacial score (nSPS) is 19.9. The van der Waals surface area contributed by atoms with Gasteiger partial charge in [0.2, 0.25) is 0 Å². The molecule has 0 fully saturated rings. The molecule has 2 aliphatic carbocycles. The molecule has 0 atom stereocenters. The van der Waals surface area contributed by atoms with E-state index in [-0.39, 0.29) is 0 Å². The number of allylic oxidation sites excluding steroid dienone is 4. The van der Waals surface area contributed by atoms with Crippen molar-refractivity contribution in [2.75, 3.05) is 0 Å². The van der Waals surface area contributed by atoms with E-state index >= 15 is 0 Å². The van der Waals surface area contributed by atoms with E-state index in [0.29, 0.717) is 0 Å². The molecule has 1 radical (unpaired) electrons. The van der Waals surface area contributed by atoms with Gasteiger partial charge in [-0.15, -0.1) is 0 Å². The van der Waals surface area contributed by atoms with E-state index in [1.807, 2.05) is 0 Å². The molecule has 0 saturated carbocycles. The Morgan fingerprint density at radius 1 is 1.06 bits per heavy atom. The van der Waals surface area contributed by atoms with Crippen molar-refractivity contribution in [2.45, 2.75) is 58.3 Å². The van der Waals surface area contributed by atoms with Crippen LogP contribution >= 0.6 is 0 Å². The Hall–Kier alpha value is -0.920. The van der Waals surface area contributed by atoms with Gasteiger partial charge in [0.05, 0.1) is 11.5 Å². The van der Waals surface area contributed by atoms with Crippen LogP contribution < -0.4 is 0 Å². The van der Waals surface area contributed by atoms with Crippen molar-refractivity contribution < 1.29 is 9.47 Å². The minimum absolute atomic E-state index is 0.795. The zero-order valence-electron chi connectivity index (χ0n) is 10.1. The maximum absolute atomic E-state index is 5.83. The van der Waals surface area contributed by atoms with Crippen LogP contribution in [0.25, 0.3) is 0 Å². The monoisotopic (exact) mass is 221 g/mol. The smallest absolute Gasteiger partial charge is 0.329 e. The summed E-state index contributed by atoms with van der Waals surface area (Å²) in [4.78, 5) is 0. The Morgan fingerprint density at radius 2 is 1.62 bits per heavy atom. The van der Waals surface area contributed by atoms with Gasteiger partial charge in [0.25, 0.3) is 0 Å². The van der Waals surface area contributed by atoms with Crippen LogP contribution in [0.1, 0.15) is 58.3 Å². The van der Waals surface area contributed by atoms with Gasteiger partial charge in [-0.25, -0.2) is 0 Å². The molecule has 2 nitrogen and oxygen atoms in total. The molecule has 0 N–H and O–H groups in total. The van der Waals surface area contributed by atoms with Crippen LogP contribution in [0.15, 0.2) is 23.7 Å². The highest BCUT2D eigenvalue weighted by atomic mass is 16.7. The standard InChI is InChI=1S/C14H21O2/c1-2-7-14(15-12-8-3-4-9-12)16-13-10-5-6-11-13/h8,10H,2-7,9,11H2,1H3. The van der Waals surface area contributed by atoms with Crippen molar-refractivity contribution in [3.63, 3.8) is 0 Å². The van der Waals surface area contributed by atoms with Gasteiger partial charge < -0.3 is 9.47 Å². The van der Waals surface area contributed by atoms with E-state index in [1.54, 1.807) is 0 Å². The van der Waals surface area contributed by atoms with Gasteiger partial charge in [0, 0.05) is 19.3 Å². The highest BCUT2D eigenvalue weighted by Gasteiger charge is 2.19. The lowest BCUT2D eigenvalue weighted by molar-refractivity contribution is 0.00940. The molecule has 0 bridgehead atoms. The van der Waals surface area contributed by atoms with E-state index in [4.69, 9.17) is 9.47 Å². The SMILES string of the molecule is CCC[C](OC1=CCCC1)OC1=CCCC1. The van der Waals surface area contributed by atoms with Crippen molar-refractivity contribution in [3.05, 3.63) is 30.0 Å². The summed E-state index contributed by atoms with van der Waals surface area (Å²) in [5.74, 6) is 2.20. The Morgan fingerprint density at radius 3 is 2.00 bits per heavy atom. The van der Waals surface area contributed by atoms with Gasteiger partial charge in [0.1, 0.15) is 0 Å². The van der Waals surface area contributed by atoms with Gasteiger partial charge in [-0.3, -0.25) is 0 Å². The second-order valence-corrected chi connectivity index (χ2v) is 4.45. The Kier molecular flexibility index (Phi) is 4.32. The van der Waals surface area contributed by atoms with Gasteiger partial charge >= 0.3 is 6.29 Å². The van der Waals surface area contributed by atoms with Crippen LogP contribution in [0.3, 0.4) is 0 Å². The minimum atomic E-state index is 0.795. The lowest BCUT2D eigenvalue weighted by atomic mass is 10.3. The van der Waals surface area contributed by atoms with E-state index in [2.05, 4.69) is 19.1 Å². The summed E-state index contributed by atoms with van der Waals surface area (Å²) in [5.41, 5.74) is 0. The quantitative estimate of drug-likeness (QED) is 0.660. The van der Waals surface area contributed by atoms with Crippen molar-refractivity contribution in [1.29, 1.82) is 0 Å². The maximum Gasteiger partial charge on any atom is 0.329 e. The summed E-state index contributed by atoms with van der Waals surface area (Å²) in [6, 6.07) is 0. The highest BCUT2D eigenvalue weighted by molar-refractivity contribution is 5.04. The highest BCUT2D eigenvalue weighted by Crippen LogP contribution is 2.29. The first-order valence-corrected chi connectivity index (χ1v) is 6.48. The van der Waals surface area contributed by atoms with Crippen molar-refractivity contribution in [2.24, 2.45) is 0 Å². The molecule has 0 heterocycles. The molecule has 2 rings (SSSR count). The van der Waals surface area contributed by atoms with Crippen molar-refractivity contribution in [1.82, 2.24) is 0 Å². The van der Waals surface area contributed by atoms with Crippen LogP contribution in [0, 0.1) is 6.29 Å². The average molecular weight is 221 g/mol. The van der Waals surface area contributed by atoms with Crippen LogP contribution in [-0.2, 0) is 9.47 Å². The summed E-state index contributed by atoms with van der Waals surface area (Å²) in [7, 11) is 0. The third-order valence-electron chi connectivity index (χ3n) is 2.94. The second kappa shape index (κ2) is 5.97. The molecular formula is C14H21O2. The van der Waals surface area contributed by atoms with Crippen LogP contribution in [-0.4, -0.2) is 0 Å². The van der Waals surface area contributed by atoms with Crippen LogP contribution in [0.5, 0.6) is 0 Å². The summed E-state index contributed by atoms with van der Waals surface area (Å²) < 4.78 is 11.7. The molecule has 89 valence electrons. The molecule has 0 aromatic heterocycles. The molecule has 0 spiro atoms. The zero-order valence-corrected chi connectivity index (χ0v) is 10.1. The van der Waals surface area contributed by atoms with E-state index in [1.165, 1.54) is 12.8 Å². The molecule has 2 heteroatoms. The fourth-order valence-corrected chi connectivity index (χ4v) is 2.09. The summed E-state index contributed by atoms with van der Waals surface area (Å²) in [5, 5.41) is 0. The lowest BCUT2D eigenvalue weighted by Gasteiger charge is -2.18. The van der Waals surface area contributed by atoms with Crippen LogP contribution in [0.2, 0.25) is 0 Å². The first-order chi connectivity index (χ1) is 7.88. The summed E-state index contributed by atoms with van der Waals surface area (Å²) in [6.07, 6.45) is 14.0. The zero-order chi connectivity index (χ0) is 11.2. The Balaban J connectivity index is 1.83. The molecule has 2 aliphatic rings. The molecule has 0 aromatic carbocycles. The summed E-state index contributed by atoms with van der Waals surface area (Å²) >= 11 is 0. The van der Waals surface area contributed by atoms with Gasteiger partial charge in [-0.2, -0.15) is 0 Å². The van der Waals surface area contributed by atoms with Gasteiger partial charge in [-0.1, -0.05) is 6.92 Å². The Labute approximate surface area is 98.3 Å². The molecule has 0 aliphatic heterocycles. The van der Waals surface area contributed by atoms with E-state index in [0.717, 1.165) is 56.3 Å². The molecule has 0 aromatic rings. The lowest BCUT2D eigenvalue weighted by Crippen LogP contribution is -2.07. The fourth-order valence-electron chi connectivity index (χ4n) is 2.09. The molecule has 0 saturated heterocycles. The third kappa shape index (κ3) is 3.29.